The summed E-state index contributed by atoms with van der Waals surface area (Å²) in [5.74, 6) is -0.498. The predicted octanol–water partition coefficient (Wildman–Crippen LogP) is 2.52. The number of hydrogen-bond donors (Lipinski definition) is 1. The van der Waals surface area contributed by atoms with Crippen LogP contribution in [0.1, 0.15) is 22.8 Å². The van der Waals surface area contributed by atoms with E-state index in [4.69, 9.17) is 14.2 Å². The number of ether oxygens (including phenoxy) is 3. The van der Waals surface area contributed by atoms with Crippen molar-refractivity contribution in [3.63, 3.8) is 0 Å². The fraction of sp³-hybridized carbons (Fsp3) is 0.300. The molecular formula is C20H22N2O7. The molecule has 0 aliphatic carbocycles. The van der Waals surface area contributed by atoms with Gasteiger partial charge in [-0.25, -0.2) is 4.79 Å². The average Bonchev–Trinajstić information content (AvgIpc) is 2.73. The molecule has 2 aromatic carbocycles. The van der Waals surface area contributed by atoms with Crippen LogP contribution < -0.4 is 14.8 Å². The maximum absolute atomic E-state index is 12.4. The zero-order valence-corrected chi connectivity index (χ0v) is 16.3. The molecule has 1 amide bonds. The second-order valence-corrected chi connectivity index (χ2v) is 6.08. The maximum atomic E-state index is 12.4. The summed E-state index contributed by atoms with van der Waals surface area (Å²) in [7, 11) is 2.91. The van der Waals surface area contributed by atoms with Crippen molar-refractivity contribution >= 4 is 17.6 Å². The third kappa shape index (κ3) is 5.93. The summed E-state index contributed by atoms with van der Waals surface area (Å²) >= 11 is 0. The van der Waals surface area contributed by atoms with Crippen LogP contribution in [0, 0.1) is 10.1 Å². The van der Waals surface area contributed by atoms with Crippen molar-refractivity contribution in [3.05, 3.63) is 63.7 Å². The highest BCUT2D eigenvalue weighted by Gasteiger charge is 2.23. The lowest BCUT2D eigenvalue weighted by Gasteiger charge is -2.15. The topological polar surface area (TPSA) is 117 Å². The first-order valence-corrected chi connectivity index (χ1v) is 8.79. The van der Waals surface area contributed by atoms with Crippen molar-refractivity contribution in [2.75, 3.05) is 20.8 Å². The Morgan fingerprint density at radius 1 is 1.10 bits per heavy atom. The summed E-state index contributed by atoms with van der Waals surface area (Å²) in [6.45, 7) is 1.78. The van der Waals surface area contributed by atoms with Crippen LogP contribution in [0.3, 0.4) is 0 Å². The second kappa shape index (κ2) is 10.1. The van der Waals surface area contributed by atoms with Gasteiger partial charge >= 0.3 is 5.97 Å². The lowest BCUT2D eigenvalue weighted by molar-refractivity contribution is -0.384. The Kier molecular flexibility index (Phi) is 7.53. The van der Waals surface area contributed by atoms with Crippen molar-refractivity contribution < 1.29 is 28.7 Å². The van der Waals surface area contributed by atoms with Crippen LogP contribution in [0.15, 0.2) is 42.5 Å². The smallest absolute Gasteiger partial charge is 0.342 e. The summed E-state index contributed by atoms with van der Waals surface area (Å²) in [4.78, 5) is 34.8. The Hall–Kier alpha value is -3.62. The molecule has 9 heteroatoms. The van der Waals surface area contributed by atoms with Gasteiger partial charge in [-0.05, 0) is 37.1 Å². The van der Waals surface area contributed by atoms with E-state index in [1.807, 2.05) is 24.3 Å². The number of hydrogen-bond acceptors (Lipinski definition) is 7. The number of methoxy groups -OCH3 is 2. The lowest BCUT2D eigenvalue weighted by atomic mass is 10.1. The summed E-state index contributed by atoms with van der Waals surface area (Å²) < 4.78 is 15.3. The fourth-order valence-corrected chi connectivity index (χ4v) is 2.51. The van der Waals surface area contributed by atoms with Crippen LogP contribution in [0.4, 0.5) is 5.69 Å². The van der Waals surface area contributed by atoms with Gasteiger partial charge in [-0.2, -0.15) is 0 Å². The highest BCUT2D eigenvalue weighted by atomic mass is 16.6. The Morgan fingerprint density at radius 2 is 1.79 bits per heavy atom. The molecule has 29 heavy (non-hydrogen) atoms. The summed E-state index contributed by atoms with van der Waals surface area (Å²) in [5, 5.41) is 13.6. The molecule has 0 unspecified atom stereocenters. The minimum Gasteiger partial charge on any atom is -0.497 e. The maximum Gasteiger partial charge on any atom is 0.342 e. The molecule has 0 bridgehead atoms. The van der Waals surface area contributed by atoms with E-state index in [1.54, 1.807) is 7.11 Å². The molecule has 0 aromatic heterocycles. The van der Waals surface area contributed by atoms with E-state index < -0.39 is 22.9 Å². The number of carbonyl (C=O) groups is 2. The van der Waals surface area contributed by atoms with Crippen molar-refractivity contribution in [2.24, 2.45) is 0 Å². The highest BCUT2D eigenvalue weighted by Crippen LogP contribution is 2.25. The van der Waals surface area contributed by atoms with Gasteiger partial charge in [0.2, 0.25) is 0 Å². The van der Waals surface area contributed by atoms with Crippen LogP contribution in [0.2, 0.25) is 0 Å². The van der Waals surface area contributed by atoms with E-state index in [1.165, 1.54) is 26.2 Å². The van der Waals surface area contributed by atoms with Crippen LogP contribution in [0.5, 0.6) is 11.5 Å². The third-order valence-electron chi connectivity index (χ3n) is 4.14. The summed E-state index contributed by atoms with van der Waals surface area (Å²) in [6, 6.07) is 11.0. The molecule has 0 heterocycles. The molecular weight excluding hydrogens is 380 g/mol. The van der Waals surface area contributed by atoms with E-state index in [2.05, 4.69) is 5.32 Å². The minimum absolute atomic E-state index is 0.118. The molecule has 1 atom stereocenters. The molecule has 0 radical (unpaired) electrons. The van der Waals surface area contributed by atoms with Crippen LogP contribution >= 0.6 is 0 Å². The normalized spacial score (nSPS) is 11.3. The third-order valence-corrected chi connectivity index (χ3v) is 4.14. The molecule has 154 valence electrons. The SMILES string of the molecule is COc1ccc(CCNC(=O)[C@H](C)OC(=O)c2cc([N+](=O)[O-])ccc2OC)cc1. The zero-order valence-electron chi connectivity index (χ0n) is 16.3. The van der Waals surface area contributed by atoms with Crippen LogP contribution in [-0.2, 0) is 16.0 Å². The van der Waals surface area contributed by atoms with E-state index in [-0.39, 0.29) is 17.0 Å². The quantitative estimate of drug-likeness (QED) is 0.389. The van der Waals surface area contributed by atoms with Gasteiger partial charge in [-0.1, -0.05) is 12.1 Å². The first kappa shape index (κ1) is 21.7. The van der Waals surface area contributed by atoms with E-state index >= 15 is 0 Å². The molecule has 2 rings (SSSR count). The van der Waals surface area contributed by atoms with Gasteiger partial charge in [0.15, 0.2) is 6.10 Å². The summed E-state index contributed by atoms with van der Waals surface area (Å²) in [6.07, 6.45) is -0.489. The monoisotopic (exact) mass is 402 g/mol. The zero-order chi connectivity index (χ0) is 21.4. The molecule has 9 nitrogen and oxygen atoms in total. The van der Waals surface area contributed by atoms with Gasteiger partial charge in [0.05, 0.1) is 19.1 Å². The number of nitrogens with one attached hydrogen (secondary N) is 1. The van der Waals surface area contributed by atoms with Gasteiger partial charge < -0.3 is 19.5 Å². The standard InChI is InChI=1S/C20H22N2O7/c1-13(19(23)21-11-10-14-4-7-16(27-2)8-5-14)29-20(24)17-12-15(22(25)26)6-9-18(17)28-3/h4-9,12-13H,10-11H2,1-3H3,(H,21,23)/t13-/m0/s1. The van der Waals surface area contributed by atoms with E-state index in [9.17, 15) is 19.7 Å². The Bertz CT molecular complexity index is 881. The Balaban J connectivity index is 1.92. The average molecular weight is 402 g/mol. The Labute approximate surface area is 167 Å². The molecule has 0 saturated carbocycles. The predicted molar refractivity (Wildman–Crippen MR) is 104 cm³/mol. The number of carbonyl (C=O) groups excluding carboxylic acids is 2. The first-order chi connectivity index (χ1) is 13.8. The van der Waals surface area contributed by atoms with Gasteiger partial charge in [0.25, 0.3) is 11.6 Å². The molecule has 0 aliphatic heterocycles. The summed E-state index contributed by atoms with van der Waals surface area (Å²) in [5.41, 5.74) is 0.603. The molecule has 0 saturated heterocycles. The van der Waals surface area contributed by atoms with Gasteiger partial charge in [0.1, 0.15) is 17.1 Å². The van der Waals surface area contributed by atoms with Crippen LogP contribution in [0.25, 0.3) is 0 Å². The number of nitrogens with zero attached hydrogens (tertiary/aromatic N) is 1. The molecule has 0 spiro atoms. The highest BCUT2D eigenvalue weighted by molar-refractivity contribution is 5.95. The van der Waals surface area contributed by atoms with E-state index in [0.717, 1.165) is 17.4 Å². The number of rotatable bonds is 9. The molecule has 0 aliphatic rings. The van der Waals surface area contributed by atoms with Crippen molar-refractivity contribution in [1.29, 1.82) is 0 Å². The van der Waals surface area contributed by atoms with Crippen molar-refractivity contribution in [3.8, 4) is 11.5 Å². The molecule has 0 fully saturated rings. The van der Waals surface area contributed by atoms with Crippen LogP contribution in [-0.4, -0.2) is 43.7 Å². The number of amides is 1. The number of nitro benzene ring substituents is 1. The number of nitro groups is 1. The van der Waals surface area contributed by atoms with Crippen molar-refractivity contribution in [2.45, 2.75) is 19.4 Å². The number of benzene rings is 2. The lowest BCUT2D eigenvalue weighted by Crippen LogP contribution is -2.37. The largest absolute Gasteiger partial charge is 0.497 e. The van der Waals surface area contributed by atoms with Crippen molar-refractivity contribution in [1.82, 2.24) is 5.32 Å². The van der Waals surface area contributed by atoms with E-state index in [0.29, 0.717) is 13.0 Å². The second-order valence-electron chi connectivity index (χ2n) is 6.08. The molecule has 2 aromatic rings. The molecule has 1 N–H and O–H groups in total. The number of esters is 1. The number of non-ortho nitro benzene ring substituents is 1. The fourth-order valence-electron chi connectivity index (χ4n) is 2.51. The van der Waals surface area contributed by atoms with Gasteiger partial charge in [-0.3, -0.25) is 14.9 Å². The minimum atomic E-state index is -1.08. The van der Waals surface area contributed by atoms with Gasteiger partial charge in [-0.15, -0.1) is 0 Å². The first-order valence-electron chi connectivity index (χ1n) is 8.79. The Morgan fingerprint density at radius 3 is 2.38 bits per heavy atom. The van der Waals surface area contributed by atoms with Gasteiger partial charge in [0, 0.05) is 18.7 Å².